The van der Waals surface area contributed by atoms with E-state index >= 15 is 0 Å². The molecule has 8 heteroatoms. The highest BCUT2D eigenvalue weighted by molar-refractivity contribution is 5.89. The number of carbonyl (C=O) groups is 2. The molecule has 2 aromatic carbocycles. The molecule has 1 aliphatic carbocycles. The van der Waals surface area contributed by atoms with Crippen LogP contribution in [0.5, 0.6) is 5.75 Å². The summed E-state index contributed by atoms with van der Waals surface area (Å²) in [6, 6.07) is 13.8. The maximum atomic E-state index is 11.0. The number of aliphatic hydroxyl groups excluding tert-OH is 1. The van der Waals surface area contributed by atoms with E-state index in [-0.39, 0.29) is 11.7 Å². The van der Waals surface area contributed by atoms with E-state index in [2.05, 4.69) is 36.1 Å². The van der Waals surface area contributed by atoms with Crippen LogP contribution in [0.1, 0.15) is 47.6 Å². The van der Waals surface area contributed by atoms with Crippen LogP contribution in [-0.4, -0.2) is 67.6 Å². The van der Waals surface area contributed by atoms with Gasteiger partial charge in [0.25, 0.3) is 0 Å². The molecular weight excluding hydrogens is 462 g/mol. The van der Waals surface area contributed by atoms with Crippen molar-refractivity contribution >= 4 is 11.9 Å². The minimum Gasteiger partial charge on any atom is -0.508 e. The average Bonchev–Trinajstić information content (AvgIpc) is 2.83. The van der Waals surface area contributed by atoms with Gasteiger partial charge in [0.15, 0.2) is 0 Å². The molecule has 1 heterocycles. The number of piperidine rings is 1. The summed E-state index contributed by atoms with van der Waals surface area (Å²) in [7, 11) is 0. The molecule has 2 atom stereocenters. The molecule has 1 aliphatic heterocycles. The van der Waals surface area contributed by atoms with Crippen LogP contribution in [-0.2, 0) is 22.4 Å². The molecule has 1 fully saturated rings. The third-order valence-electron chi connectivity index (χ3n) is 6.98. The molecule has 36 heavy (non-hydrogen) atoms. The van der Waals surface area contributed by atoms with E-state index in [1.54, 1.807) is 12.1 Å². The van der Waals surface area contributed by atoms with E-state index in [9.17, 15) is 24.9 Å². The number of aliphatic carboxylic acids is 2. The number of phenolic OH excluding ortho intramolecular Hbond substituents is 1. The highest BCUT2D eigenvalue weighted by Crippen LogP contribution is 2.37. The number of aromatic hydroxyl groups is 1. The van der Waals surface area contributed by atoms with Crippen LogP contribution in [0, 0.1) is 12.8 Å². The zero-order chi connectivity index (χ0) is 26.3. The van der Waals surface area contributed by atoms with Crippen molar-refractivity contribution < 1.29 is 35.1 Å². The number of aliphatic hydroxyl groups is 2. The number of aryl methyl sites for hydroxylation is 2. The van der Waals surface area contributed by atoms with Crippen LogP contribution in [0.4, 0.5) is 0 Å². The summed E-state index contributed by atoms with van der Waals surface area (Å²) in [5.41, 5.74) is 3.84. The van der Waals surface area contributed by atoms with Gasteiger partial charge < -0.3 is 30.4 Å². The zero-order valence-electron chi connectivity index (χ0n) is 20.5. The van der Waals surface area contributed by atoms with Crippen molar-refractivity contribution in [3.63, 3.8) is 0 Å². The fourth-order valence-electron chi connectivity index (χ4n) is 4.93. The van der Waals surface area contributed by atoms with Gasteiger partial charge in [-0.2, -0.15) is 0 Å². The molecule has 4 rings (SSSR count). The van der Waals surface area contributed by atoms with Crippen LogP contribution < -0.4 is 0 Å². The van der Waals surface area contributed by atoms with E-state index in [1.165, 1.54) is 11.1 Å². The molecule has 0 amide bonds. The molecule has 1 saturated heterocycles. The summed E-state index contributed by atoms with van der Waals surface area (Å²) in [6.07, 6.45) is 4.73. The molecule has 194 valence electrons. The molecule has 0 radical (unpaired) electrons. The summed E-state index contributed by atoms with van der Waals surface area (Å²) >= 11 is 0. The Balaban J connectivity index is 0.000000392. The number of carboxylic acid groups (broad SMARTS) is 2. The lowest BCUT2D eigenvalue weighted by molar-refractivity contribution is -0.134. The number of hydrogen-bond acceptors (Lipinski definition) is 6. The number of rotatable bonds is 6. The lowest BCUT2D eigenvalue weighted by Crippen LogP contribution is -2.47. The van der Waals surface area contributed by atoms with Crippen LogP contribution in [0.25, 0.3) is 0 Å². The summed E-state index contributed by atoms with van der Waals surface area (Å²) in [4.78, 5) is 21.5. The van der Waals surface area contributed by atoms with Gasteiger partial charge in [0, 0.05) is 44.1 Å². The summed E-state index contributed by atoms with van der Waals surface area (Å²) in [5, 5.41) is 47.1. The van der Waals surface area contributed by atoms with Gasteiger partial charge in [-0.15, -0.1) is 0 Å². The van der Waals surface area contributed by atoms with Gasteiger partial charge in [0.2, 0.25) is 0 Å². The Morgan fingerprint density at radius 2 is 1.64 bits per heavy atom. The number of benzene rings is 2. The van der Waals surface area contributed by atoms with E-state index in [0.717, 1.165) is 56.4 Å². The summed E-state index contributed by atoms with van der Waals surface area (Å²) in [5.74, 6) is -2.03. The quantitative estimate of drug-likeness (QED) is 0.384. The number of phenols is 1. The summed E-state index contributed by atoms with van der Waals surface area (Å²) in [6.45, 7) is 4.68. The van der Waals surface area contributed by atoms with Gasteiger partial charge in [-0.3, -0.25) is 0 Å². The molecule has 0 spiro atoms. The Bertz CT molecular complexity index is 1060. The maximum Gasteiger partial charge on any atom is 0.328 e. The van der Waals surface area contributed by atoms with Crippen molar-refractivity contribution in [1.29, 1.82) is 0 Å². The third-order valence-corrected chi connectivity index (χ3v) is 6.98. The summed E-state index contributed by atoms with van der Waals surface area (Å²) < 4.78 is 0. The molecule has 2 aliphatic rings. The van der Waals surface area contributed by atoms with E-state index in [0.29, 0.717) is 18.6 Å². The standard InChI is InChI=1S/C24H31NO3.C4H4O4/c1-17-2-4-18(5-3-17)15-24(28)10-12-25(13-11-24)16-20-7-6-19-14-21(26)8-9-22(19)23(20)27;5-3(6)1-2-4(7)8/h2-5,8-9,14,20,23,26-28H,6-7,10-13,15-16H2,1H3;1-2H,(H,5,6)(H,7,8)/b;2-1+. The number of fused-ring (bicyclic) bond motifs is 1. The van der Waals surface area contributed by atoms with E-state index < -0.39 is 23.6 Å². The maximum absolute atomic E-state index is 11.0. The highest BCUT2D eigenvalue weighted by atomic mass is 16.4. The molecular formula is C28H35NO7. The number of likely N-dealkylation sites (tertiary alicyclic amines) is 1. The van der Waals surface area contributed by atoms with Gasteiger partial charge in [-0.1, -0.05) is 35.9 Å². The van der Waals surface area contributed by atoms with Gasteiger partial charge >= 0.3 is 11.9 Å². The topological polar surface area (TPSA) is 139 Å². The first kappa shape index (κ1) is 27.4. The molecule has 0 saturated carbocycles. The van der Waals surface area contributed by atoms with Crippen molar-refractivity contribution in [2.45, 2.75) is 50.7 Å². The van der Waals surface area contributed by atoms with Gasteiger partial charge in [0.05, 0.1) is 11.7 Å². The third kappa shape index (κ3) is 7.91. The smallest absolute Gasteiger partial charge is 0.328 e. The van der Waals surface area contributed by atoms with E-state index in [4.69, 9.17) is 10.2 Å². The van der Waals surface area contributed by atoms with Crippen LogP contribution in [0.15, 0.2) is 54.6 Å². The van der Waals surface area contributed by atoms with Crippen LogP contribution in [0.2, 0.25) is 0 Å². The Hall–Kier alpha value is -3.20. The van der Waals surface area contributed by atoms with Crippen LogP contribution in [0.3, 0.4) is 0 Å². The Morgan fingerprint density at radius 3 is 2.22 bits per heavy atom. The van der Waals surface area contributed by atoms with Gasteiger partial charge in [-0.25, -0.2) is 9.59 Å². The average molecular weight is 498 g/mol. The fourth-order valence-corrected chi connectivity index (χ4v) is 4.93. The van der Waals surface area contributed by atoms with Crippen molar-refractivity contribution in [1.82, 2.24) is 4.90 Å². The largest absolute Gasteiger partial charge is 0.508 e. The SMILES string of the molecule is Cc1ccc(CC2(O)CCN(CC3CCc4cc(O)ccc4C3O)CC2)cc1.O=C(O)/C=C/C(=O)O. The molecule has 0 bridgehead atoms. The van der Waals surface area contributed by atoms with Crippen molar-refractivity contribution in [3.05, 3.63) is 76.9 Å². The number of carboxylic acids is 2. The predicted octanol–water partition coefficient (Wildman–Crippen LogP) is 3.08. The Labute approximate surface area is 211 Å². The van der Waals surface area contributed by atoms with Crippen molar-refractivity contribution in [2.24, 2.45) is 5.92 Å². The second-order valence-electron chi connectivity index (χ2n) is 9.82. The first-order valence-electron chi connectivity index (χ1n) is 12.2. The second kappa shape index (κ2) is 12.2. The first-order valence-corrected chi connectivity index (χ1v) is 12.2. The highest BCUT2D eigenvalue weighted by Gasteiger charge is 2.35. The molecule has 2 aromatic rings. The Morgan fingerprint density at radius 1 is 1.03 bits per heavy atom. The molecule has 2 unspecified atom stereocenters. The molecule has 5 N–H and O–H groups in total. The number of hydrogen-bond donors (Lipinski definition) is 5. The lowest BCUT2D eigenvalue weighted by atomic mass is 9.80. The zero-order valence-corrected chi connectivity index (χ0v) is 20.5. The van der Waals surface area contributed by atoms with Gasteiger partial charge in [0.1, 0.15) is 5.75 Å². The minimum atomic E-state index is -1.26. The second-order valence-corrected chi connectivity index (χ2v) is 9.82. The van der Waals surface area contributed by atoms with Crippen molar-refractivity contribution in [3.8, 4) is 5.75 Å². The predicted molar refractivity (Wildman–Crippen MR) is 135 cm³/mol. The monoisotopic (exact) mass is 497 g/mol. The van der Waals surface area contributed by atoms with E-state index in [1.807, 2.05) is 6.07 Å². The van der Waals surface area contributed by atoms with Crippen molar-refractivity contribution in [2.75, 3.05) is 19.6 Å². The normalized spacial score (nSPS) is 21.3. The lowest BCUT2D eigenvalue weighted by Gasteiger charge is -2.41. The molecule has 8 nitrogen and oxygen atoms in total. The fraction of sp³-hybridized carbons (Fsp3) is 0.429. The minimum absolute atomic E-state index is 0.209. The Kier molecular flexibility index (Phi) is 9.25. The molecule has 0 aromatic heterocycles. The number of nitrogens with zero attached hydrogens (tertiary/aromatic N) is 1. The van der Waals surface area contributed by atoms with Crippen LogP contribution >= 0.6 is 0 Å². The van der Waals surface area contributed by atoms with Gasteiger partial charge in [-0.05, 0) is 61.4 Å². The first-order chi connectivity index (χ1) is 17.0.